The molecule has 0 aromatic heterocycles. The Balaban J connectivity index is 1.84. The van der Waals surface area contributed by atoms with E-state index in [1.54, 1.807) is 0 Å². The van der Waals surface area contributed by atoms with Gasteiger partial charge in [-0.1, -0.05) is 6.07 Å². The summed E-state index contributed by atoms with van der Waals surface area (Å²) < 4.78 is 36.3. The summed E-state index contributed by atoms with van der Waals surface area (Å²) in [6.07, 6.45) is -0.888. The van der Waals surface area contributed by atoms with Gasteiger partial charge in [-0.25, -0.2) is 8.78 Å². The summed E-state index contributed by atoms with van der Waals surface area (Å²) in [4.78, 5) is 11.5. The molecule has 104 valence electrons. The number of halogens is 2. The van der Waals surface area contributed by atoms with Crippen molar-refractivity contribution in [1.82, 2.24) is 0 Å². The maximum Gasteiger partial charge on any atom is 0.188 e. The first-order chi connectivity index (χ1) is 9.06. The largest absolute Gasteiger partial charge is 0.356 e. The normalized spacial score (nSPS) is 23.6. The highest BCUT2D eigenvalue weighted by Gasteiger charge is 2.28. The molecule has 0 spiro atoms. The lowest BCUT2D eigenvalue weighted by molar-refractivity contribution is -0.140. The van der Waals surface area contributed by atoms with Crippen LogP contribution in [0.1, 0.15) is 12.0 Å². The number of carbonyl (C=O) groups is 1. The molecule has 2 atom stereocenters. The molecule has 0 radical (unpaired) electrons. The monoisotopic (exact) mass is 289 g/mol. The van der Waals surface area contributed by atoms with Crippen molar-refractivity contribution in [3.8, 4) is 0 Å². The van der Waals surface area contributed by atoms with E-state index in [1.807, 2.05) is 0 Å². The number of hydrogen-bond acceptors (Lipinski definition) is 5. The Morgan fingerprint density at radius 3 is 3.00 bits per heavy atom. The van der Waals surface area contributed by atoms with Crippen molar-refractivity contribution in [2.75, 3.05) is 6.61 Å². The molecule has 7 heteroatoms. The predicted molar refractivity (Wildman–Crippen MR) is 66.1 cm³/mol. The summed E-state index contributed by atoms with van der Waals surface area (Å²) in [5, 5.41) is 0. The molecule has 1 heterocycles. The molecule has 0 saturated carbocycles. The lowest BCUT2D eigenvalue weighted by Gasteiger charge is -2.25. The molecule has 1 aliphatic heterocycles. The average Bonchev–Trinajstić information content (AvgIpc) is 2.36. The molecule has 1 aliphatic rings. The van der Waals surface area contributed by atoms with Gasteiger partial charge in [0.05, 0.1) is 0 Å². The lowest BCUT2D eigenvalue weighted by Crippen LogP contribution is -2.42. The first-order valence-corrected chi connectivity index (χ1v) is 6.59. The van der Waals surface area contributed by atoms with Crippen molar-refractivity contribution in [2.45, 2.75) is 24.5 Å². The Bertz CT molecular complexity index is 472. The first kappa shape index (κ1) is 14.4. The van der Waals surface area contributed by atoms with Gasteiger partial charge in [0.25, 0.3) is 0 Å². The van der Waals surface area contributed by atoms with Crippen molar-refractivity contribution in [1.29, 1.82) is 0 Å². The van der Waals surface area contributed by atoms with Crippen LogP contribution < -0.4 is 5.73 Å². The number of hydrogen-bond donors (Lipinski definition) is 1. The Hall–Kier alpha value is -1.02. The van der Waals surface area contributed by atoms with Crippen LogP contribution in [0.4, 0.5) is 8.78 Å². The van der Waals surface area contributed by atoms with Gasteiger partial charge in [0.1, 0.15) is 30.6 Å². The Morgan fingerprint density at radius 1 is 1.47 bits per heavy atom. The molecule has 4 nitrogen and oxygen atoms in total. The van der Waals surface area contributed by atoms with Gasteiger partial charge in [0.15, 0.2) is 5.78 Å². The van der Waals surface area contributed by atoms with Gasteiger partial charge in [-0.05, 0) is 18.1 Å². The standard InChI is InChI=1S/C12H13F2NO3S/c13-8-2-1-7(9(14)3-8)6-19-18-11-4-12(15)17-5-10(11)16/h1-3,11-12H,4-6,15H2. The molecule has 1 aromatic carbocycles. The zero-order chi connectivity index (χ0) is 13.8. The Labute approximate surface area is 113 Å². The smallest absolute Gasteiger partial charge is 0.188 e. The molecule has 0 amide bonds. The molecule has 2 N–H and O–H groups in total. The van der Waals surface area contributed by atoms with E-state index in [4.69, 9.17) is 14.7 Å². The summed E-state index contributed by atoms with van der Waals surface area (Å²) >= 11 is 0.944. The molecular formula is C12H13F2NO3S. The molecule has 1 saturated heterocycles. The third kappa shape index (κ3) is 3.97. The third-order valence-electron chi connectivity index (χ3n) is 2.66. The van der Waals surface area contributed by atoms with Crippen molar-refractivity contribution in [3.05, 3.63) is 35.4 Å². The van der Waals surface area contributed by atoms with Gasteiger partial charge >= 0.3 is 0 Å². The van der Waals surface area contributed by atoms with Crippen LogP contribution in [-0.4, -0.2) is 24.7 Å². The van der Waals surface area contributed by atoms with E-state index in [-0.39, 0.29) is 24.6 Å². The van der Waals surface area contributed by atoms with Crippen LogP contribution in [0.3, 0.4) is 0 Å². The van der Waals surface area contributed by atoms with Crippen molar-refractivity contribution < 1.29 is 22.5 Å². The summed E-state index contributed by atoms with van der Waals surface area (Å²) in [6, 6.07) is 3.33. The van der Waals surface area contributed by atoms with Gasteiger partial charge in [0, 0.05) is 23.8 Å². The number of benzene rings is 1. The molecule has 1 fully saturated rings. The molecule has 0 bridgehead atoms. The topological polar surface area (TPSA) is 61.5 Å². The van der Waals surface area contributed by atoms with Crippen LogP contribution in [0.2, 0.25) is 0 Å². The summed E-state index contributed by atoms with van der Waals surface area (Å²) in [6.45, 7) is -0.0721. The average molecular weight is 289 g/mol. The van der Waals surface area contributed by atoms with Crippen LogP contribution >= 0.6 is 12.0 Å². The molecule has 1 aromatic rings. The number of ketones is 1. The molecular weight excluding hydrogens is 276 g/mol. The Kier molecular flexibility index (Phi) is 4.87. The second-order valence-electron chi connectivity index (χ2n) is 4.13. The van der Waals surface area contributed by atoms with E-state index in [9.17, 15) is 13.6 Å². The quantitative estimate of drug-likeness (QED) is 0.856. The lowest BCUT2D eigenvalue weighted by atomic mass is 10.1. The summed E-state index contributed by atoms with van der Waals surface area (Å²) in [7, 11) is 0. The maximum absolute atomic E-state index is 13.3. The highest BCUT2D eigenvalue weighted by molar-refractivity contribution is 7.93. The molecule has 19 heavy (non-hydrogen) atoms. The van der Waals surface area contributed by atoms with E-state index in [0.717, 1.165) is 18.1 Å². The fourth-order valence-electron chi connectivity index (χ4n) is 1.60. The number of carbonyl (C=O) groups excluding carboxylic acids is 1. The van der Waals surface area contributed by atoms with E-state index >= 15 is 0 Å². The fraction of sp³-hybridized carbons (Fsp3) is 0.417. The van der Waals surface area contributed by atoms with Gasteiger partial charge in [-0.3, -0.25) is 4.79 Å². The number of ether oxygens (including phenoxy) is 1. The highest BCUT2D eigenvalue weighted by Crippen LogP contribution is 2.22. The molecule has 0 aliphatic carbocycles. The van der Waals surface area contributed by atoms with E-state index < -0.39 is 24.0 Å². The molecule has 2 unspecified atom stereocenters. The Morgan fingerprint density at radius 2 is 2.26 bits per heavy atom. The van der Waals surface area contributed by atoms with E-state index in [1.165, 1.54) is 12.1 Å². The van der Waals surface area contributed by atoms with Crippen molar-refractivity contribution in [2.24, 2.45) is 5.73 Å². The number of nitrogens with two attached hydrogens (primary N) is 1. The SMILES string of the molecule is NC1CC(OSCc2ccc(F)cc2F)C(=O)CO1. The first-order valence-electron chi connectivity index (χ1n) is 5.68. The van der Waals surface area contributed by atoms with Gasteiger partial charge in [-0.15, -0.1) is 0 Å². The summed E-state index contributed by atoms with van der Waals surface area (Å²) in [5.41, 5.74) is 5.86. The van der Waals surface area contributed by atoms with Crippen LogP contribution in [0.15, 0.2) is 18.2 Å². The minimum Gasteiger partial charge on any atom is -0.356 e. The minimum absolute atomic E-state index is 0.0721. The second-order valence-corrected chi connectivity index (χ2v) is 4.85. The minimum atomic E-state index is -0.641. The van der Waals surface area contributed by atoms with E-state index in [2.05, 4.69) is 0 Å². The van der Waals surface area contributed by atoms with Crippen LogP contribution in [-0.2, 0) is 19.5 Å². The van der Waals surface area contributed by atoms with Gasteiger partial charge < -0.3 is 14.7 Å². The highest BCUT2D eigenvalue weighted by atomic mass is 32.2. The zero-order valence-corrected chi connectivity index (χ0v) is 10.8. The number of rotatable bonds is 4. The van der Waals surface area contributed by atoms with Crippen LogP contribution in [0, 0.1) is 11.6 Å². The van der Waals surface area contributed by atoms with Crippen molar-refractivity contribution in [3.63, 3.8) is 0 Å². The van der Waals surface area contributed by atoms with E-state index in [0.29, 0.717) is 5.56 Å². The second kappa shape index (κ2) is 6.42. The van der Waals surface area contributed by atoms with Crippen LogP contribution in [0.5, 0.6) is 0 Å². The maximum atomic E-state index is 13.3. The number of Topliss-reactive ketones (excluding diaryl/α,β-unsaturated/α-hetero) is 1. The van der Waals surface area contributed by atoms with Crippen molar-refractivity contribution >= 4 is 17.8 Å². The zero-order valence-electron chi connectivity index (χ0n) is 9.97. The predicted octanol–water partition coefficient (Wildman–Crippen LogP) is 1.77. The van der Waals surface area contributed by atoms with Crippen LogP contribution in [0.25, 0.3) is 0 Å². The van der Waals surface area contributed by atoms with Gasteiger partial charge in [0.2, 0.25) is 0 Å². The fourth-order valence-corrected chi connectivity index (χ4v) is 2.38. The molecule has 2 rings (SSSR count). The third-order valence-corrected chi connectivity index (χ3v) is 3.46. The summed E-state index contributed by atoms with van der Waals surface area (Å²) in [5.74, 6) is -1.26. The van der Waals surface area contributed by atoms with Gasteiger partial charge in [-0.2, -0.15) is 0 Å².